The third-order valence-corrected chi connectivity index (χ3v) is 6.33. The topological polar surface area (TPSA) is 113 Å². The van der Waals surface area contributed by atoms with E-state index in [0.717, 1.165) is 0 Å². The third kappa shape index (κ3) is 8.16. The van der Waals surface area contributed by atoms with Gasteiger partial charge in [0, 0.05) is 24.0 Å². The van der Waals surface area contributed by atoms with Crippen molar-refractivity contribution in [3.05, 3.63) is 41.4 Å². The highest BCUT2D eigenvalue weighted by Gasteiger charge is 2.38. The van der Waals surface area contributed by atoms with Crippen LogP contribution in [0.3, 0.4) is 0 Å². The first-order chi connectivity index (χ1) is 14.4. The lowest BCUT2D eigenvalue weighted by Crippen LogP contribution is -2.41. The molecule has 1 aromatic rings. The normalized spacial score (nSPS) is 19.7. The molecule has 1 aromatic carbocycles. The molecule has 1 heterocycles. The maximum Gasteiger partial charge on any atom is 0.410 e. The van der Waals surface area contributed by atoms with Gasteiger partial charge in [0.05, 0.1) is 10.9 Å². The second-order valence-electron chi connectivity index (χ2n) is 8.42. The molecule has 1 aliphatic heterocycles. The van der Waals surface area contributed by atoms with E-state index in [1.165, 1.54) is 29.2 Å². The molecule has 1 fully saturated rings. The number of rotatable bonds is 8. The van der Waals surface area contributed by atoms with Crippen molar-refractivity contribution in [1.29, 1.82) is 0 Å². The molecule has 10 heteroatoms. The van der Waals surface area contributed by atoms with Crippen molar-refractivity contribution in [2.75, 3.05) is 6.54 Å². The van der Waals surface area contributed by atoms with Crippen LogP contribution >= 0.6 is 11.6 Å². The van der Waals surface area contributed by atoms with E-state index in [4.69, 9.17) is 21.4 Å². The monoisotopic (exact) mass is 472 g/mol. The van der Waals surface area contributed by atoms with Crippen LogP contribution < -0.4 is 4.72 Å². The van der Waals surface area contributed by atoms with Gasteiger partial charge in [-0.25, -0.2) is 17.9 Å². The average Bonchev–Trinajstić information content (AvgIpc) is 3.02. The summed E-state index contributed by atoms with van der Waals surface area (Å²) in [5.74, 6) is -0.860. The number of nitrogens with zero attached hydrogens (tertiary/aromatic N) is 1. The van der Waals surface area contributed by atoms with Gasteiger partial charge in [0.25, 0.3) is 0 Å². The Hall–Kier alpha value is -2.10. The van der Waals surface area contributed by atoms with E-state index < -0.39 is 33.7 Å². The molecule has 8 nitrogen and oxygen atoms in total. The van der Waals surface area contributed by atoms with Crippen LogP contribution in [0.5, 0.6) is 0 Å². The van der Waals surface area contributed by atoms with Crippen LogP contribution in [0.2, 0.25) is 5.02 Å². The highest BCUT2D eigenvalue weighted by molar-refractivity contribution is 7.89. The van der Waals surface area contributed by atoms with Crippen molar-refractivity contribution in [1.82, 2.24) is 9.62 Å². The van der Waals surface area contributed by atoms with E-state index in [2.05, 4.69) is 4.72 Å². The second kappa shape index (κ2) is 10.5. The number of hydrogen-bond donors (Lipinski definition) is 2. The number of carboxylic acid groups (broad SMARTS) is 1. The molecule has 0 saturated carbocycles. The molecule has 0 radical (unpaired) electrons. The number of nitrogens with one attached hydrogen (secondary N) is 1. The van der Waals surface area contributed by atoms with E-state index in [1.807, 2.05) is 12.2 Å². The Balaban J connectivity index is 2.11. The number of amides is 1. The first-order valence-electron chi connectivity index (χ1n) is 10.0. The first kappa shape index (κ1) is 25.2. The predicted octanol–water partition coefficient (Wildman–Crippen LogP) is 3.81. The quantitative estimate of drug-likeness (QED) is 0.439. The number of hydrogen-bond acceptors (Lipinski definition) is 5. The van der Waals surface area contributed by atoms with Gasteiger partial charge in [-0.1, -0.05) is 23.8 Å². The van der Waals surface area contributed by atoms with Gasteiger partial charge in [-0.3, -0.25) is 4.79 Å². The molecular formula is C21H29ClN2O6S. The number of sulfonamides is 1. The van der Waals surface area contributed by atoms with E-state index in [1.54, 1.807) is 20.8 Å². The Kier molecular flexibility index (Phi) is 8.50. The number of likely N-dealkylation sites (tertiary alicyclic amines) is 1. The summed E-state index contributed by atoms with van der Waals surface area (Å²) in [7, 11) is -3.78. The summed E-state index contributed by atoms with van der Waals surface area (Å²) in [6.07, 6.45) is 4.57. The largest absolute Gasteiger partial charge is 0.481 e. The standard InChI is InChI=1S/C21H29ClN2O6S/c1-21(2,3)30-20(27)24-14-16(13-17(24)7-5-4-6-8-19(25)26)23-31(28,29)18-11-9-15(22)10-12-18/h5,7,9-12,16-17,23H,4,6,8,13-14H2,1-3H3,(H,25,26)/t16-,17-/m1/s1. The fourth-order valence-corrected chi connectivity index (χ4v) is 4.56. The summed E-state index contributed by atoms with van der Waals surface area (Å²) < 4.78 is 33.5. The van der Waals surface area contributed by atoms with Crippen molar-refractivity contribution in [3.8, 4) is 0 Å². The van der Waals surface area contributed by atoms with Gasteiger partial charge in [0.1, 0.15) is 5.60 Å². The average molecular weight is 473 g/mol. The fourth-order valence-electron chi connectivity index (χ4n) is 3.19. The summed E-state index contributed by atoms with van der Waals surface area (Å²) >= 11 is 5.83. The summed E-state index contributed by atoms with van der Waals surface area (Å²) in [5.41, 5.74) is -0.687. The first-order valence-corrected chi connectivity index (χ1v) is 11.9. The number of unbranched alkanes of at least 4 members (excludes halogenated alkanes) is 1. The molecule has 0 aromatic heterocycles. The van der Waals surface area contributed by atoms with Crippen LogP contribution in [0.15, 0.2) is 41.3 Å². The summed E-state index contributed by atoms with van der Waals surface area (Å²) in [4.78, 5) is 24.9. The maximum atomic E-state index is 12.7. The van der Waals surface area contributed by atoms with Gasteiger partial charge in [0.2, 0.25) is 10.0 Å². The number of carboxylic acids is 1. The molecule has 0 bridgehead atoms. The number of allylic oxidation sites excluding steroid dienone is 1. The molecule has 172 valence electrons. The predicted molar refractivity (Wildman–Crippen MR) is 118 cm³/mol. The number of aliphatic carboxylic acids is 1. The Morgan fingerprint density at radius 1 is 1.29 bits per heavy atom. The SMILES string of the molecule is CC(C)(C)OC(=O)N1C[C@H](NS(=O)(=O)c2ccc(Cl)cc2)C[C@H]1C=CCCCC(=O)O. The highest BCUT2D eigenvalue weighted by Crippen LogP contribution is 2.24. The molecule has 2 atom stereocenters. The lowest BCUT2D eigenvalue weighted by molar-refractivity contribution is -0.137. The molecule has 1 saturated heterocycles. The minimum atomic E-state index is -3.78. The van der Waals surface area contributed by atoms with Crippen molar-refractivity contribution in [2.45, 2.75) is 69.0 Å². The van der Waals surface area contributed by atoms with E-state index >= 15 is 0 Å². The van der Waals surface area contributed by atoms with Gasteiger partial charge < -0.3 is 14.7 Å². The molecule has 1 aliphatic rings. The van der Waals surface area contributed by atoms with E-state index in [0.29, 0.717) is 24.3 Å². The van der Waals surface area contributed by atoms with Gasteiger partial charge in [-0.2, -0.15) is 0 Å². The van der Waals surface area contributed by atoms with Crippen molar-refractivity contribution in [2.24, 2.45) is 0 Å². The van der Waals surface area contributed by atoms with Crippen LogP contribution in [-0.2, 0) is 19.6 Å². The molecular weight excluding hydrogens is 444 g/mol. The number of carbonyl (C=O) groups excluding carboxylic acids is 1. The van der Waals surface area contributed by atoms with Crippen molar-refractivity contribution < 1.29 is 27.9 Å². The van der Waals surface area contributed by atoms with Crippen LogP contribution in [0.1, 0.15) is 46.5 Å². The van der Waals surface area contributed by atoms with Crippen molar-refractivity contribution >= 4 is 33.7 Å². The summed E-state index contributed by atoms with van der Waals surface area (Å²) in [6.45, 7) is 5.45. The number of carbonyl (C=O) groups is 2. The van der Waals surface area contributed by atoms with Gasteiger partial charge in [-0.15, -0.1) is 0 Å². The molecule has 0 spiro atoms. The Morgan fingerprint density at radius 3 is 2.52 bits per heavy atom. The third-order valence-electron chi connectivity index (χ3n) is 4.54. The van der Waals surface area contributed by atoms with Crippen LogP contribution in [0.25, 0.3) is 0 Å². The Labute approximate surface area is 188 Å². The minimum absolute atomic E-state index is 0.0638. The number of benzene rings is 1. The molecule has 0 aliphatic carbocycles. The summed E-state index contributed by atoms with van der Waals surface area (Å²) in [5, 5.41) is 9.17. The molecule has 0 unspecified atom stereocenters. The van der Waals surface area contributed by atoms with E-state index in [9.17, 15) is 18.0 Å². The molecule has 1 amide bonds. The van der Waals surface area contributed by atoms with Gasteiger partial charge in [0.15, 0.2) is 0 Å². The second-order valence-corrected chi connectivity index (χ2v) is 10.6. The number of ether oxygens (including phenoxy) is 1. The zero-order chi connectivity index (χ0) is 23.2. The minimum Gasteiger partial charge on any atom is -0.481 e. The molecule has 2 N–H and O–H groups in total. The lowest BCUT2D eigenvalue weighted by atomic mass is 10.1. The smallest absolute Gasteiger partial charge is 0.410 e. The summed E-state index contributed by atoms with van der Waals surface area (Å²) in [6, 6.07) is 4.98. The maximum absolute atomic E-state index is 12.7. The number of halogens is 1. The lowest BCUT2D eigenvalue weighted by Gasteiger charge is -2.27. The zero-order valence-electron chi connectivity index (χ0n) is 17.9. The molecule has 31 heavy (non-hydrogen) atoms. The van der Waals surface area contributed by atoms with Crippen LogP contribution in [0.4, 0.5) is 4.79 Å². The highest BCUT2D eigenvalue weighted by atomic mass is 35.5. The van der Waals surface area contributed by atoms with Crippen LogP contribution in [0, 0.1) is 0 Å². The zero-order valence-corrected chi connectivity index (χ0v) is 19.4. The fraction of sp³-hybridized carbons (Fsp3) is 0.524. The van der Waals surface area contributed by atoms with Crippen LogP contribution in [-0.4, -0.2) is 54.7 Å². The van der Waals surface area contributed by atoms with Crippen molar-refractivity contribution in [3.63, 3.8) is 0 Å². The Bertz CT molecular complexity index is 909. The molecule has 2 rings (SSSR count). The Morgan fingerprint density at radius 2 is 1.94 bits per heavy atom. The van der Waals surface area contributed by atoms with Gasteiger partial charge >= 0.3 is 12.1 Å². The van der Waals surface area contributed by atoms with Gasteiger partial charge in [-0.05, 0) is 64.3 Å². The van der Waals surface area contributed by atoms with E-state index in [-0.39, 0.29) is 23.9 Å².